The highest BCUT2D eigenvalue weighted by Crippen LogP contribution is 2.29. The van der Waals surface area contributed by atoms with Crippen molar-refractivity contribution in [2.24, 2.45) is 0 Å². The van der Waals surface area contributed by atoms with E-state index in [1.165, 1.54) is 51.7 Å². The third-order valence-corrected chi connectivity index (χ3v) is 4.31. The molecule has 0 atom stereocenters. The zero-order valence-corrected chi connectivity index (χ0v) is 16.1. The molecule has 0 fully saturated rings. The molecule has 0 amide bonds. The van der Waals surface area contributed by atoms with E-state index < -0.39 is 11.4 Å². The van der Waals surface area contributed by atoms with E-state index in [1.54, 1.807) is 18.2 Å². The fraction of sp³-hybridized carbons (Fsp3) is 0.190. The Morgan fingerprint density at radius 2 is 1.66 bits per heavy atom. The van der Waals surface area contributed by atoms with E-state index in [1.807, 2.05) is 0 Å². The lowest BCUT2D eigenvalue weighted by molar-refractivity contribution is 0.0965. The number of nitrogens with zero attached hydrogens (tertiary/aromatic N) is 2. The second-order valence-electron chi connectivity index (χ2n) is 6.05. The molecule has 0 bridgehead atoms. The third-order valence-electron chi connectivity index (χ3n) is 4.31. The van der Waals surface area contributed by atoms with Gasteiger partial charge in [0, 0.05) is 23.3 Å². The summed E-state index contributed by atoms with van der Waals surface area (Å²) in [6, 6.07) is 11.5. The summed E-state index contributed by atoms with van der Waals surface area (Å²) in [5, 5.41) is 4.25. The predicted octanol–water partition coefficient (Wildman–Crippen LogP) is 2.96. The molecule has 1 aromatic heterocycles. The number of halogens is 1. The molecule has 0 saturated heterocycles. The molecule has 150 valence electrons. The van der Waals surface area contributed by atoms with Gasteiger partial charge in [-0.15, -0.1) is 0 Å². The van der Waals surface area contributed by atoms with Crippen LogP contribution in [0.5, 0.6) is 17.2 Å². The molecular weight excluding hydrogens is 379 g/mol. The smallest absolute Gasteiger partial charge is 0.267 e. The molecule has 0 unspecified atom stereocenters. The van der Waals surface area contributed by atoms with Gasteiger partial charge in [-0.1, -0.05) is 0 Å². The average Bonchev–Trinajstić information content (AvgIpc) is 2.74. The first-order valence-electron chi connectivity index (χ1n) is 8.64. The maximum Gasteiger partial charge on any atom is 0.267 e. The molecule has 8 heteroatoms. The van der Waals surface area contributed by atoms with Gasteiger partial charge in [0.2, 0.25) is 0 Å². The quantitative estimate of drug-likeness (QED) is 0.570. The van der Waals surface area contributed by atoms with Crippen LogP contribution in [0.1, 0.15) is 10.4 Å². The molecule has 0 spiro atoms. The minimum atomic E-state index is -0.456. The number of hydrogen-bond donors (Lipinski definition) is 0. The molecule has 2 aromatic carbocycles. The lowest BCUT2D eigenvalue weighted by Gasteiger charge is -2.11. The van der Waals surface area contributed by atoms with Crippen molar-refractivity contribution in [2.75, 3.05) is 21.3 Å². The Bertz CT molecular complexity index is 1110. The highest BCUT2D eigenvalue weighted by molar-refractivity contribution is 5.96. The molecule has 0 aliphatic carbocycles. The van der Waals surface area contributed by atoms with Crippen LogP contribution in [0.2, 0.25) is 0 Å². The van der Waals surface area contributed by atoms with Crippen LogP contribution in [0.4, 0.5) is 4.39 Å². The SMILES string of the molecule is COc1ccc(C(=O)Cn2nc(-c3ccc(F)cc3OC)ccc2=O)cc1OC. The Labute approximate surface area is 166 Å². The molecule has 0 radical (unpaired) electrons. The maximum absolute atomic E-state index is 13.4. The van der Waals surface area contributed by atoms with E-state index in [-0.39, 0.29) is 18.1 Å². The van der Waals surface area contributed by atoms with Gasteiger partial charge in [0.25, 0.3) is 5.56 Å². The highest BCUT2D eigenvalue weighted by atomic mass is 19.1. The predicted molar refractivity (Wildman–Crippen MR) is 104 cm³/mol. The number of carbonyl (C=O) groups excluding carboxylic acids is 1. The van der Waals surface area contributed by atoms with Gasteiger partial charge in [0.05, 0.1) is 27.0 Å². The number of carbonyl (C=O) groups is 1. The standard InChI is InChI=1S/C21H19FN2O5/c1-27-18-8-4-13(10-20(18)29-3)17(25)12-24-21(26)9-7-16(23-24)15-6-5-14(22)11-19(15)28-2/h4-11H,12H2,1-3H3. The summed E-state index contributed by atoms with van der Waals surface area (Å²) in [5.41, 5.74) is 0.785. The molecule has 0 aliphatic rings. The van der Waals surface area contributed by atoms with Gasteiger partial charge in [-0.2, -0.15) is 5.10 Å². The van der Waals surface area contributed by atoms with Crippen LogP contribution in [0.3, 0.4) is 0 Å². The van der Waals surface area contributed by atoms with E-state index in [0.717, 1.165) is 4.68 Å². The zero-order chi connectivity index (χ0) is 21.0. The van der Waals surface area contributed by atoms with Crippen molar-refractivity contribution in [3.63, 3.8) is 0 Å². The first-order valence-corrected chi connectivity index (χ1v) is 8.64. The number of benzene rings is 2. The van der Waals surface area contributed by atoms with Crippen LogP contribution in [0.25, 0.3) is 11.3 Å². The van der Waals surface area contributed by atoms with E-state index in [2.05, 4.69) is 5.10 Å². The number of ether oxygens (including phenoxy) is 3. The van der Waals surface area contributed by atoms with Gasteiger partial charge < -0.3 is 14.2 Å². The van der Waals surface area contributed by atoms with Crippen molar-refractivity contribution in [3.05, 3.63) is 70.3 Å². The summed E-state index contributed by atoms with van der Waals surface area (Å²) in [6.07, 6.45) is 0. The fourth-order valence-corrected chi connectivity index (χ4v) is 2.82. The van der Waals surface area contributed by atoms with Gasteiger partial charge in [-0.3, -0.25) is 9.59 Å². The lowest BCUT2D eigenvalue weighted by atomic mass is 10.1. The van der Waals surface area contributed by atoms with E-state index >= 15 is 0 Å². The van der Waals surface area contributed by atoms with Crippen LogP contribution in [0.15, 0.2) is 53.3 Å². The zero-order valence-electron chi connectivity index (χ0n) is 16.1. The maximum atomic E-state index is 13.4. The molecule has 7 nitrogen and oxygen atoms in total. The van der Waals surface area contributed by atoms with Crippen molar-refractivity contribution in [2.45, 2.75) is 6.54 Å². The number of aromatic nitrogens is 2. The van der Waals surface area contributed by atoms with Crippen LogP contribution < -0.4 is 19.8 Å². The number of hydrogen-bond acceptors (Lipinski definition) is 6. The summed E-state index contributed by atoms with van der Waals surface area (Å²) in [6.45, 7) is -0.272. The number of Topliss-reactive ketones (excluding diaryl/α,β-unsaturated/α-hetero) is 1. The van der Waals surface area contributed by atoms with Crippen molar-refractivity contribution in [3.8, 4) is 28.5 Å². The normalized spacial score (nSPS) is 10.5. The Hall–Kier alpha value is -3.68. The Balaban J connectivity index is 1.93. The molecule has 0 saturated carbocycles. The summed E-state index contributed by atoms with van der Waals surface area (Å²) in [5.74, 6) is 0.383. The number of methoxy groups -OCH3 is 3. The number of ketones is 1. The van der Waals surface area contributed by atoms with Crippen LogP contribution in [-0.4, -0.2) is 36.9 Å². The minimum Gasteiger partial charge on any atom is -0.496 e. The minimum absolute atomic E-state index is 0.272. The van der Waals surface area contributed by atoms with Crippen molar-refractivity contribution in [1.29, 1.82) is 0 Å². The topological polar surface area (TPSA) is 79.7 Å². The van der Waals surface area contributed by atoms with E-state index in [0.29, 0.717) is 28.3 Å². The van der Waals surface area contributed by atoms with Crippen molar-refractivity contribution in [1.82, 2.24) is 9.78 Å². The van der Waals surface area contributed by atoms with Gasteiger partial charge in [0.15, 0.2) is 17.3 Å². The first-order chi connectivity index (χ1) is 14.0. The van der Waals surface area contributed by atoms with Gasteiger partial charge in [-0.05, 0) is 36.4 Å². The second-order valence-corrected chi connectivity index (χ2v) is 6.05. The van der Waals surface area contributed by atoms with Crippen LogP contribution in [0, 0.1) is 5.82 Å². The Morgan fingerprint density at radius 3 is 2.34 bits per heavy atom. The molecule has 0 aliphatic heterocycles. The van der Waals surface area contributed by atoms with Crippen molar-refractivity contribution < 1.29 is 23.4 Å². The third kappa shape index (κ3) is 4.26. The Kier molecular flexibility index (Phi) is 5.92. The number of rotatable bonds is 7. The Morgan fingerprint density at radius 1 is 0.931 bits per heavy atom. The fourth-order valence-electron chi connectivity index (χ4n) is 2.82. The monoisotopic (exact) mass is 398 g/mol. The summed E-state index contributed by atoms with van der Waals surface area (Å²) in [4.78, 5) is 24.9. The highest BCUT2D eigenvalue weighted by Gasteiger charge is 2.15. The van der Waals surface area contributed by atoms with Gasteiger partial charge >= 0.3 is 0 Å². The van der Waals surface area contributed by atoms with Crippen LogP contribution >= 0.6 is 0 Å². The second kappa shape index (κ2) is 8.55. The molecule has 3 aromatic rings. The molecule has 0 N–H and O–H groups in total. The molecular formula is C21H19FN2O5. The lowest BCUT2D eigenvalue weighted by Crippen LogP contribution is -2.26. The van der Waals surface area contributed by atoms with Gasteiger partial charge in [-0.25, -0.2) is 9.07 Å². The van der Waals surface area contributed by atoms with E-state index in [4.69, 9.17) is 14.2 Å². The molecule has 1 heterocycles. The summed E-state index contributed by atoms with van der Waals surface area (Å²) in [7, 11) is 4.38. The summed E-state index contributed by atoms with van der Waals surface area (Å²) < 4.78 is 30.1. The van der Waals surface area contributed by atoms with Crippen LogP contribution in [-0.2, 0) is 6.54 Å². The molecule has 3 rings (SSSR count). The first kappa shape index (κ1) is 20.1. The van der Waals surface area contributed by atoms with Crippen molar-refractivity contribution >= 4 is 5.78 Å². The average molecular weight is 398 g/mol. The summed E-state index contributed by atoms with van der Waals surface area (Å²) >= 11 is 0. The largest absolute Gasteiger partial charge is 0.496 e. The van der Waals surface area contributed by atoms with Gasteiger partial charge in [0.1, 0.15) is 18.1 Å². The van der Waals surface area contributed by atoms with E-state index in [9.17, 15) is 14.0 Å². The molecule has 29 heavy (non-hydrogen) atoms.